The molecular formula is C18H22N2O6. The molecule has 2 aromatic rings. The zero-order chi connectivity index (χ0) is 19.5. The molecule has 1 heterocycles. The molecule has 0 bridgehead atoms. The van der Waals surface area contributed by atoms with Crippen molar-refractivity contribution in [3.63, 3.8) is 0 Å². The normalized spacial score (nSPS) is 12.5. The van der Waals surface area contributed by atoms with Gasteiger partial charge in [-0.25, -0.2) is 14.4 Å². The number of fused-ring (bicyclic) bond motifs is 1. The van der Waals surface area contributed by atoms with Gasteiger partial charge in [0.1, 0.15) is 11.6 Å². The van der Waals surface area contributed by atoms with Gasteiger partial charge in [0.15, 0.2) is 0 Å². The first-order valence-corrected chi connectivity index (χ1v) is 8.02. The van der Waals surface area contributed by atoms with Crippen LogP contribution in [0.2, 0.25) is 0 Å². The summed E-state index contributed by atoms with van der Waals surface area (Å²) in [6.07, 6.45) is 0.100. The van der Waals surface area contributed by atoms with E-state index in [1.165, 1.54) is 17.9 Å². The number of carbonyl (C=O) groups is 3. The van der Waals surface area contributed by atoms with Crippen LogP contribution >= 0.6 is 0 Å². The first-order valence-electron chi connectivity index (χ1n) is 8.02. The summed E-state index contributed by atoms with van der Waals surface area (Å²) < 4.78 is 11.2. The summed E-state index contributed by atoms with van der Waals surface area (Å²) >= 11 is 0. The van der Waals surface area contributed by atoms with Gasteiger partial charge in [-0.2, -0.15) is 0 Å². The molecule has 0 fully saturated rings. The molecule has 0 saturated heterocycles. The molecule has 0 unspecified atom stereocenters. The summed E-state index contributed by atoms with van der Waals surface area (Å²) in [5.41, 5.74) is 0.443. The second kappa shape index (κ2) is 7.47. The van der Waals surface area contributed by atoms with Gasteiger partial charge in [-0.05, 0) is 32.4 Å². The van der Waals surface area contributed by atoms with E-state index in [1.54, 1.807) is 45.0 Å². The van der Waals surface area contributed by atoms with Gasteiger partial charge in [0.25, 0.3) is 0 Å². The van der Waals surface area contributed by atoms with E-state index in [1.807, 2.05) is 0 Å². The van der Waals surface area contributed by atoms with E-state index >= 15 is 0 Å². The van der Waals surface area contributed by atoms with Gasteiger partial charge in [-0.3, -0.25) is 4.57 Å². The lowest BCUT2D eigenvalue weighted by Gasteiger charge is -2.22. The monoisotopic (exact) mass is 362 g/mol. The molecule has 0 saturated carbocycles. The SMILES string of the molecule is COC(=O)n1cc(C[C@@H](NC(=O)OC(C)(C)C)C(=O)O)c2ccccc21. The average Bonchev–Trinajstić information content (AvgIpc) is 2.90. The molecule has 1 aromatic carbocycles. The molecule has 0 radical (unpaired) electrons. The first kappa shape index (κ1) is 19.3. The van der Waals surface area contributed by atoms with Crippen molar-refractivity contribution in [3.8, 4) is 0 Å². The van der Waals surface area contributed by atoms with E-state index in [0.717, 1.165) is 0 Å². The van der Waals surface area contributed by atoms with Crippen LogP contribution in [0.5, 0.6) is 0 Å². The van der Waals surface area contributed by atoms with Crippen molar-refractivity contribution in [2.45, 2.75) is 38.8 Å². The van der Waals surface area contributed by atoms with E-state index in [-0.39, 0.29) is 6.42 Å². The number of ether oxygens (including phenoxy) is 2. The number of alkyl carbamates (subject to hydrolysis) is 1. The lowest BCUT2D eigenvalue weighted by molar-refractivity contribution is -0.139. The molecule has 1 amide bonds. The van der Waals surface area contributed by atoms with Crippen molar-refractivity contribution in [2.75, 3.05) is 7.11 Å². The maximum Gasteiger partial charge on any atom is 0.418 e. The highest BCUT2D eigenvalue weighted by molar-refractivity contribution is 5.92. The van der Waals surface area contributed by atoms with Crippen molar-refractivity contribution in [2.24, 2.45) is 0 Å². The van der Waals surface area contributed by atoms with Gasteiger partial charge >= 0.3 is 18.2 Å². The lowest BCUT2D eigenvalue weighted by Crippen LogP contribution is -2.44. The number of hydrogen-bond acceptors (Lipinski definition) is 5. The Morgan fingerprint density at radius 1 is 1.23 bits per heavy atom. The molecule has 140 valence electrons. The highest BCUT2D eigenvalue weighted by Gasteiger charge is 2.26. The second-order valence-corrected chi connectivity index (χ2v) is 6.75. The summed E-state index contributed by atoms with van der Waals surface area (Å²) in [6.45, 7) is 5.06. The number of carbonyl (C=O) groups excluding carboxylic acids is 2. The number of carboxylic acid groups (broad SMARTS) is 1. The van der Waals surface area contributed by atoms with E-state index < -0.39 is 29.8 Å². The molecule has 26 heavy (non-hydrogen) atoms. The van der Waals surface area contributed by atoms with Gasteiger partial charge in [0, 0.05) is 18.0 Å². The number of nitrogens with zero attached hydrogens (tertiary/aromatic N) is 1. The fourth-order valence-electron chi connectivity index (χ4n) is 2.53. The third-order valence-electron chi connectivity index (χ3n) is 3.58. The highest BCUT2D eigenvalue weighted by atomic mass is 16.6. The molecule has 0 aliphatic rings. The van der Waals surface area contributed by atoms with Crippen molar-refractivity contribution in [1.82, 2.24) is 9.88 Å². The standard InChI is InChI=1S/C18H22N2O6/c1-18(2,3)26-16(23)19-13(15(21)22)9-11-10-20(17(24)25-4)14-8-6-5-7-12(11)14/h5-8,10,13H,9H2,1-4H3,(H,19,23)(H,21,22)/t13-/m1/s1. The molecule has 1 aromatic heterocycles. The third kappa shape index (κ3) is 4.53. The number of carboxylic acids is 1. The van der Waals surface area contributed by atoms with Gasteiger partial charge < -0.3 is 19.9 Å². The summed E-state index contributed by atoms with van der Waals surface area (Å²) in [6, 6.07) is 5.84. The number of rotatable bonds is 4. The van der Waals surface area contributed by atoms with Crippen molar-refractivity contribution in [1.29, 1.82) is 0 Å². The number of amides is 1. The molecule has 8 heteroatoms. The molecule has 8 nitrogen and oxygen atoms in total. The van der Waals surface area contributed by atoms with E-state index in [4.69, 9.17) is 9.47 Å². The fraction of sp³-hybridized carbons (Fsp3) is 0.389. The number of aromatic nitrogens is 1. The quantitative estimate of drug-likeness (QED) is 0.866. The minimum Gasteiger partial charge on any atom is -0.480 e. The zero-order valence-electron chi connectivity index (χ0n) is 15.1. The number of para-hydroxylation sites is 1. The van der Waals surface area contributed by atoms with E-state index in [9.17, 15) is 19.5 Å². The number of nitrogens with one attached hydrogen (secondary N) is 1. The summed E-state index contributed by atoms with van der Waals surface area (Å²) in [7, 11) is 1.26. The van der Waals surface area contributed by atoms with Crippen LogP contribution in [-0.2, 0) is 20.7 Å². The minimum atomic E-state index is -1.21. The molecular weight excluding hydrogens is 340 g/mol. The second-order valence-electron chi connectivity index (χ2n) is 6.75. The van der Waals surface area contributed by atoms with Crippen molar-refractivity contribution >= 4 is 29.1 Å². The molecule has 2 rings (SSSR count). The Balaban J connectivity index is 2.30. The molecule has 2 N–H and O–H groups in total. The van der Waals surface area contributed by atoms with Crippen LogP contribution in [0.15, 0.2) is 30.5 Å². The Labute approximate surface area is 150 Å². The average molecular weight is 362 g/mol. The van der Waals surface area contributed by atoms with E-state index in [0.29, 0.717) is 16.5 Å². The van der Waals surface area contributed by atoms with Crippen LogP contribution in [0.3, 0.4) is 0 Å². The van der Waals surface area contributed by atoms with Gasteiger partial charge in [0.05, 0.1) is 12.6 Å². The summed E-state index contributed by atoms with van der Waals surface area (Å²) in [5, 5.41) is 12.5. The van der Waals surface area contributed by atoms with Gasteiger partial charge in [-0.15, -0.1) is 0 Å². The molecule has 0 aliphatic heterocycles. The Hall–Kier alpha value is -3.03. The van der Waals surface area contributed by atoms with Crippen LogP contribution < -0.4 is 5.32 Å². The fourth-order valence-corrected chi connectivity index (χ4v) is 2.53. The maximum absolute atomic E-state index is 11.9. The Morgan fingerprint density at radius 3 is 2.46 bits per heavy atom. The smallest absolute Gasteiger partial charge is 0.418 e. The number of benzene rings is 1. The summed E-state index contributed by atoms with van der Waals surface area (Å²) in [5.74, 6) is -1.20. The lowest BCUT2D eigenvalue weighted by atomic mass is 10.1. The first-order chi connectivity index (χ1) is 12.1. The van der Waals surface area contributed by atoms with Crippen LogP contribution in [0.4, 0.5) is 9.59 Å². The van der Waals surface area contributed by atoms with Crippen molar-refractivity contribution in [3.05, 3.63) is 36.0 Å². The van der Waals surface area contributed by atoms with Crippen LogP contribution in [-0.4, -0.2) is 46.6 Å². The predicted octanol–water partition coefficient (Wildman–Crippen LogP) is 2.78. The molecule has 1 atom stereocenters. The Kier molecular flexibility index (Phi) is 5.54. The number of methoxy groups -OCH3 is 1. The maximum atomic E-state index is 11.9. The van der Waals surface area contributed by atoms with Gasteiger partial charge in [0.2, 0.25) is 0 Å². The van der Waals surface area contributed by atoms with Crippen molar-refractivity contribution < 1.29 is 29.0 Å². The zero-order valence-corrected chi connectivity index (χ0v) is 15.1. The third-order valence-corrected chi connectivity index (χ3v) is 3.58. The van der Waals surface area contributed by atoms with Crippen LogP contribution in [0.25, 0.3) is 10.9 Å². The summed E-state index contributed by atoms with van der Waals surface area (Å²) in [4.78, 5) is 35.4. The predicted molar refractivity (Wildman–Crippen MR) is 94.2 cm³/mol. The highest BCUT2D eigenvalue weighted by Crippen LogP contribution is 2.23. The minimum absolute atomic E-state index is 0.0148. The van der Waals surface area contributed by atoms with Crippen LogP contribution in [0, 0.1) is 0 Å². The molecule has 0 aliphatic carbocycles. The Morgan fingerprint density at radius 2 is 1.88 bits per heavy atom. The Bertz CT molecular complexity index is 834. The number of hydrogen-bond donors (Lipinski definition) is 2. The molecule has 0 spiro atoms. The van der Waals surface area contributed by atoms with Crippen LogP contribution in [0.1, 0.15) is 26.3 Å². The van der Waals surface area contributed by atoms with E-state index in [2.05, 4.69) is 5.32 Å². The largest absolute Gasteiger partial charge is 0.480 e. The van der Waals surface area contributed by atoms with Gasteiger partial charge in [-0.1, -0.05) is 18.2 Å². The topological polar surface area (TPSA) is 107 Å². The number of aliphatic carboxylic acids is 1.